The number of benzene rings is 3. The number of aryl methyl sites for hydroxylation is 1. The molecule has 1 atom stereocenters. The number of aliphatic hydroxyl groups is 1. The predicted octanol–water partition coefficient (Wildman–Crippen LogP) is 8.81. The van der Waals surface area contributed by atoms with Gasteiger partial charge in [0, 0.05) is 0 Å². The van der Waals surface area contributed by atoms with E-state index in [1.165, 1.54) is 21.5 Å². The van der Waals surface area contributed by atoms with Crippen molar-refractivity contribution in [2.75, 3.05) is 6.16 Å². The van der Waals surface area contributed by atoms with E-state index in [4.69, 9.17) is 0 Å². The molecule has 0 saturated heterocycles. The maximum Gasteiger partial charge on any atom is -0.0683 e. The van der Waals surface area contributed by atoms with Crippen molar-refractivity contribution in [1.29, 1.82) is 0 Å². The molecule has 0 saturated carbocycles. The average molecular weight is 623 g/mol. The van der Waals surface area contributed by atoms with Crippen molar-refractivity contribution in [3.05, 3.63) is 124 Å². The van der Waals surface area contributed by atoms with Crippen molar-refractivity contribution >= 4 is 54.1 Å². The van der Waals surface area contributed by atoms with E-state index in [-0.39, 0.29) is 0 Å². The van der Waals surface area contributed by atoms with Gasteiger partial charge in [-0.2, -0.15) is 0 Å². The van der Waals surface area contributed by atoms with Crippen molar-refractivity contribution in [2.45, 2.75) is 53.6 Å². The van der Waals surface area contributed by atoms with Gasteiger partial charge in [0.25, 0.3) is 0 Å². The van der Waals surface area contributed by atoms with Crippen LogP contribution in [0.15, 0.2) is 114 Å². The van der Waals surface area contributed by atoms with Crippen LogP contribution in [0.3, 0.4) is 0 Å². The number of hydrogen-bond donors (Lipinski definition) is 1. The summed E-state index contributed by atoms with van der Waals surface area (Å²) in [5, 5.41) is 14.9. The van der Waals surface area contributed by atoms with Gasteiger partial charge in [0.05, 0.1) is 0 Å². The molecule has 0 unspecified atom stereocenters. The number of allylic oxidation sites excluding steroid dienone is 1. The number of hydrogen-bond acceptors (Lipinski definition) is 3. The molecule has 0 spiro atoms. The molecule has 3 aromatic carbocycles. The summed E-state index contributed by atoms with van der Waals surface area (Å²) in [5.41, 5.74) is 3.14. The largest absolute Gasteiger partial charge is 0.0683 e. The molecule has 1 heterocycles. The smallest absolute Gasteiger partial charge is 0.0683 e. The number of halogens is 1. The Morgan fingerprint density at radius 2 is 1.33 bits per heavy atom. The molecule has 206 valence electrons. The third-order valence-corrected chi connectivity index (χ3v) is 17.8. The predicted molar refractivity (Wildman–Crippen MR) is 180 cm³/mol. The van der Waals surface area contributed by atoms with Crippen molar-refractivity contribution < 1.29 is 5.11 Å². The molecule has 4 aromatic rings. The number of nitrogens with zero attached hydrogens (tertiary/aromatic N) is 1. The molecule has 0 radical (unpaired) electrons. The first-order chi connectivity index (χ1) is 18.8. The topological polar surface area (TPSA) is 33.1 Å². The summed E-state index contributed by atoms with van der Waals surface area (Å²) in [6.07, 6.45) is 6.13. The number of aliphatic hydroxyl groups excluding tert-OH is 1. The Morgan fingerprint density at radius 3 is 1.74 bits per heavy atom. The molecule has 0 aliphatic carbocycles. The second-order valence-electron chi connectivity index (χ2n) is 9.64. The van der Waals surface area contributed by atoms with Crippen LogP contribution >= 0.6 is 32.1 Å². The van der Waals surface area contributed by atoms with E-state index in [1.807, 2.05) is 39.2 Å². The normalized spacial score (nSPS) is 14.1. The van der Waals surface area contributed by atoms with Gasteiger partial charge in [0.15, 0.2) is 0 Å². The Balaban J connectivity index is 0.00000205. The SMILES string of the molecule is C/C(=C/C[C@H](O)/C(C)=C/c1csc(C)n1)CCP(Br)(c1ccccc1)(c1ccccc1)c1ccccc1.CC. The second kappa shape index (κ2) is 14.3. The summed E-state index contributed by atoms with van der Waals surface area (Å²) in [7, 11) is 0. The van der Waals surface area contributed by atoms with E-state index < -0.39 is 11.4 Å². The molecule has 2 nitrogen and oxygen atoms in total. The minimum absolute atomic E-state index is 0.520. The van der Waals surface area contributed by atoms with E-state index in [2.05, 4.69) is 124 Å². The van der Waals surface area contributed by atoms with Gasteiger partial charge in [-0.25, -0.2) is 0 Å². The molecule has 1 N–H and O–H groups in total. The van der Waals surface area contributed by atoms with Crippen molar-refractivity contribution in [3.63, 3.8) is 0 Å². The fourth-order valence-electron chi connectivity index (χ4n) is 4.81. The van der Waals surface area contributed by atoms with Crippen molar-refractivity contribution in [1.82, 2.24) is 4.98 Å². The third-order valence-electron chi connectivity index (χ3n) is 7.04. The van der Waals surface area contributed by atoms with E-state index in [0.717, 1.165) is 28.9 Å². The van der Waals surface area contributed by atoms with Gasteiger partial charge in [-0.15, -0.1) is 0 Å². The van der Waals surface area contributed by atoms with Crippen LogP contribution in [-0.2, 0) is 0 Å². The molecule has 0 aliphatic heterocycles. The zero-order valence-electron chi connectivity index (χ0n) is 23.7. The first-order valence-corrected chi connectivity index (χ1v) is 19.0. The van der Waals surface area contributed by atoms with Gasteiger partial charge in [-0.3, -0.25) is 0 Å². The monoisotopic (exact) mass is 621 g/mol. The molecule has 0 amide bonds. The third kappa shape index (κ3) is 7.24. The average Bonchev–Trinajstić information content (AvgIpc) is 3.41. The maximum absolute atomic E-state index is 10.8. The van der Waals surface area contributed by atoms with E-state index in [1.54, 1.807) is 11.3 Å². The Kier molecular flexibility index (Phi) is 11.4. The van der Waals surface area contributed by atoms with E-state index in [9.17, 15) is 5.11 Å². The zero-order valence-corrected chi connectivity index (χ0v) is 27.0. The minimum Gasteiger partial charge on any atom is -0.0683 e. The van der Waals surface area contributed by atoms with Gasteiger partial charge in [-0.05, 0) is 0 Å². The Morgan fingerprint density at radius 1 is 0.872 bits per heavy atom. The van der Waals surface area contributed by atoms with Crippen LogP contribution in [0, 0.1) is 6.92 Å². The van der Waals surface area contributed by atoms with Crippen molar-refractivity contribution in [2.24, 2.45) is 0 Å². The van der Waals surface area contributed by atoms with Crippen LogP contribution in [0.4, 0.5) is 0 Å². The Labute approximate surface area is 247 Å². The molecular weight excluding hydrogens is 581 g/mol. The van der Waals surface area contributed by atoms with Gasteiger partial charge >= 0.3 is 234 Å². The van der Waals surface area contributed by atoms with Crippen LogP contribution in [0.2, 0.25) is 0 Å². The van der Waals surface area contributed by atoms with Crippen LogP contribution in [-0.4, -0.2) is 22.4 Å². The first-order valence-electron chi connectivity index (χ1n) is 13.6. The van der Waals surface area contributed by atoms with Crippen LogP contribution in [0.5, 0.6) is 0 Å². The van der Waals surface area contributed by atoms with Gasteiger partial charge in [0.2, 0.25) is 0 Å². The number of aromatic nitrogens is 1. The van der Waals surface area contributed by atoms with Gasteiger partial charge in [0.1, 0.15) is 0 Å². The molecule has 0 aliphatic rings. The molecule has 5 heteroatoms. The van der Waals surface area contributed by atoms with E-state index in [0.29, 0.717) is 6.42 Å². The molecule has 39 heavy (non-hydrogen) atoms. The first kappa shape index (κ1) is 31.2. The summed E-state index contributed by atoms with van der Waals surface area (Å²) < 4.78 is 0. The molecule has 1 aromatic heterocycles. The summed E-state index contributed by atoms with van der Waals surface area (Å²) in [6.45, 7) is 10.2. The maximum atomic E-state index is 10.8. The summed E-state index contributed by atoms with van der Waals surface area (Å²) in [5.74, 6) is 0. The van der Waals surface area contributed by atoms with Crippen LogP contribution < -0.4 is 15.9 Å². The Hall–Kier alpha value is -2.36. The fraction of sp³-hybridized carbons (Fsp3) is 0.265. The quantitative estimate of drug-likeness (QED) is 0.142. The standard InChI is InChI=1S/C32H35BrNOPS.C2H6/c1-25(19-20-32(35)26(2)23-28-24-37-27(3)34-28)21-22-36(33,29-13-7-4-8-14-29,30-15-9-5-10-16-30)31-17-11-6-12-18-31;1-2/h4-19,23-24,32,35H,20-22H2,1-3H3;1-2H3/b25-19-,26-23+;/t32-;/m0./s1. The van der Waals surface area contributed by atoms with Crippen LogP contribution in [0.1, 0.15) is 51.2 Å². The number of thiazole rings is 1. The molecule has 0 bridgehead atoms. The van der Waals surface area contributed by atoms with Crippen molar-refractivity contribution in [3.8, 4) is 0 Å². The minimum atomic E-state index is -2.94. The zero-order chi connectivity index (χ0) is 28.3. The molecular formula is C34H41BrNOPS. The summed E-state index contributed by atoms with van der Waals surface area (Å²) in [6, 6.07) is 32.7. The molecule has 4 rings (SSSR count). The second-order valence-corrected chi connectivity index (χ2v) is 19.8. The van der Waals surface area contributed by atoms with Crippen LogP contribution in [0.25, 0.3) is 6.08 Å². The fourth-order valence-corrected chi connectivity index (χ4v) is 12.9. The Bertz CT molecular complexity index is 1270. The van der Waals surface area contributed by atoms with E-state index >= 15 is 0 Å². The summed E-state index contributed by atoms with van der Waals surface area (Å²) >= 11 is 6.16. The van der Waals surface area contributed by atoms with Gasteiger partial charge < -0.3 is 0 Å². The summed E-state index contributed by atoms with van der Waals surface area (Å²) in [4.78, 5) is 4.49. The number of rotatable bonds is 10. The molecule has 0 fully saturated rings. The van der Waals surface area contributed by atoms with Gasteiger partial charge in [-0.1, -0.05) is 13.8 Å².